The lowest BCUT2D eigenvalue weighted by Crippen LogP contribution is -2.15. The molecule has 0 spiro atoms. The van der Waals surface area contributed by atoms with Gasteiger partial charge in [-0.2, -0.15) is 4.98 Å². The van der Waals surface area contributed by atoms with Crippen molar-refractivity contribution in [3.63, 3.8) is 0 Å². The van der Waals surface area contributed by atoms with Gasteiger partial charge in [0.15, 0.2) is 0 Å². The normalized spacial score (nSPS) is 12.0. The summed E-state index contributed by atoms with van der Waals surface area (Å²) in [5.41, 5.74) is 3.83. The highest BCUT2D eigenvalue weighted by Gasteiger charge is 2.18. The third-order valence-corrected chi connectivity index (χ3v) is 7.63. The molecule has 0 saturated heterocycles. The molecular formula is C28H26ClN5O3S. The van der Waals surface area contributed by atoms with Crippen LogP contribution < -0.4 is 4.72 Å². The molecule has 5 aromatic rings. The van der Waals surface area contributed by atoms with Crippen LogP contribution in [0, 0.1) is 0 Å². The lowest BCUT2D eigenvalue weighted by atomic mass is 9.87. The van der Waals surface area contributed by atoms with Gasteiger partial charge >= 0.3 is 0 Å². The molecule has 38 heavy (non-hydrogen) atoms. The molecular weight excluding hydrogens is 522 g/mol. The number of hydrogen-bond donors (Lipinski definition) is 1. The van der Waals surface area contributed by atoms with E-state index in [0.29, 0.717) is 34.7 Å². The van der Waals surface area contributed by atoms with Gasteiger partial charge in [-0.05, 0) is 65.1 Å². The Hall–Kier alpha value is -3.95. The van der Waals surface area contributed by atoms with E-state index in [2.05, 4.69) is 40.6 Å². The number of benzene rings is 3. The molecule has 194 valence electrons. The van der Waals surface area contributed by atoms with Crippen molar-refractivity contribution in [1.82, 2.24) is 19.7 Å². The van der Waals surface area contributed by atoms with Gasteiger partial charge in [0.2, 0.25) is 5.82 Å². The van der Waals surface area contributed by atoms with Gasteiger partial charge in [0, 0.05) is 29.0 Å². The summed E-state index contributed by atoms with van der Waals surface area (Å²) in [6.07, 6.45) is 3.50. The molecule has 2 heterocycles. The molecule has 0 radical (unpaired) electrons. The second-order valence-electron chi connectivity index (χ2n) is 9.94. The van der Waals surface area contributed by atoms with Crippen molar-refractivity contribution < 1.29 is 12.9 Å². The predicted octanol–water partition coefficient (Wildman–Crippen LogP) is 6.40. The number of anilines is 1. The molecule has 0 aliphatic heterocycles. The van der Waals surface area contributed by atoms with Crippen LogP contribution >= 0.6 is 11.6 Å². The zero-order chi connectivity index (χ0) is 26.9. The van der Waals surface area contributed by atoms with Crippen molar-refractivity contribution >= 4 is 27.3 Å². The molecule has 8 nitrogen and oxygen atoms in total. The average Bonchev–Trinajstić information content (AvgIpc) is 3.55. The van der Waals surface area contributed by atoms with Gasteiger partial charge in [-0.25, -0.2) is 13.4 Å². The van der Waals surface area contributed by atoms with Gasteiger partial charge in [-0.3, -0.25) is 4.72 Å². The number of imidazole rings is 1. The Morgan fingerprint density at radius 3 is 2.29 bits per heavy atom. The Morgan fingerprint density at radius 2 is 1.63 bits per heavy atom. The summed E-state index contributed by atoms with van der Waals surface area (Å²) in [5, 5.41) is 4.66. The molecule has 0 aliphatic rings. The summed E-state index contributed by atoms with van der Waals surface area (Å²) >= 11 is 5.94. The molecule has 0 fully saturated rings. The van der Waals surface area contributed by atoms with Gasteiger partial charge < -0.3 is 9.09 Å². The fraction of sp³-hybridized carbons (Fsp3) is 0.179. The van der Waals surface area contributed by atoms with Crippen molar-refractivity contribution in [3.8, 4) is 23.0 Å². The second kappa shape index (κ2) is 10.1. The standard InChI is InChI=1S/C28H26ClN5O3S/c1-28(2,3)21-8-14-24(15-9-21)38(35,36)33-23-12-4-19(5-13-23)16-34-17-25(30-18-34)27-31-26(32-37-27)20-6-10-22(29)11-7-20/h4-15,17-18,33H,16H2,1-3H3. The molecule has 0 bridgehead atoms. The third-order valence-electron chi connectivity index (χ3n) is 5.98. The van der Waals surface area contributed by atoms with Gasteiger partial charge in [-0.15, -0.1) is 0 Å². The van der Waals surface area contributed by atoms with E-state index in [1.165, 1.54) is 0 Å². The molecule has 0 saturated carbocycles. The largest absolute Gasteiger partial charge is 0.332 e. The third kappa shape index (κ3) is 5.79. The number of aromatic nitrogens is 4. The molecule has 0 atom stereocenters. The van der Waals surface area contributed by atoms with Crippen molar-refractivity contribution in [2.24, 2.45) is 0 Å². The van der Waals surface area contributed by atoms with Crippen molar-refractivity contribution in [2.75, 3.05) is 4.72 Å². The Morgan fingerprint density at radius 1 is 0.947 bits per heavy atom. The first-order valence-electron chi connectivity index (χ1n) is 11.9. The van der Waals surface area contributed by atoms with E-state index in [1.807, 2.05) is 47.2 Å². The van der Waals surface area contributed by atoms with E-state index in [0.717, 1.165) is 16.7 Å². The van der Waals surface area contributed by atoms with Gasteiger partial charge in [0.25, 0.3) is 15.9 Å². The van der Waals surface area contributed by atoms with Crippen LogP contribution in [-0.2, 0) is 22.0 Å². The first-order chi connectivity index (χ1) is 18.1. The van der Waals surface area contributed by atoms with Crippen LogP contribution in [0.4, 0.5) is 5.69 Å². The van der Waals surface area contributed by atoms with E-state index in [1.54, 1.807) is 42.7 Å². The summed E-state index contributed by atoms with van der Waals surface area (Å²) < 4.78 is 35.6. The van der Waals surface area contributed by atoms with E-state index in [9.17, 15) is 8.42 Å². The first kappa shape index (κ1) is 25.7. The maximum absolute atomic E-state index is 12.8. The minimum Gasteiger partial charge on any atom is -0.332 e. The van der Waals surface area contributed by atoms with E-state index in [-0.39, 0.29) is 10.3 Å². The van der Waals surface area contributed by atoms with Crippen LogP contribution in [0.25, 0.3) is 23.0 Å². The van der Waals surface area contributed by atoms with Gasteiger partial charge in [-0.1, -0.05) is 61.8 Å². The van der Waals surface area contributed by atoms with E-state index >= 15 is 0 Å². The van der Waals surface area contributed by atoms with Crippen LogP contribution in [0.15, 0.2) is 94.7 Å². The highest BCUT2D eigenvalue weighted by molar-refractivity contribution is 7.92. The van der Waals surface area contributed by atoms with Gasteiger partial charge in [0.05, 0.1) is 11.2 Å². The molecule has 2 aromatic heterocycles. The van der Waals surface area contributed by atoms with E-state index < -0.39 is 10.0 Å². The Labute approximate surface area is 226 Å². The summed E-state index contributed by atoms with van der Waals surface area (Å²) in [7, 11) is -3.69. The van der Waals surface area contributed by atoms with Crippen LogP contribution in [-0.4, -0.2) is 28.1 Å². The van der Waals surface area contributed by atoms with Crippen molar-refractivity contribution in [2.45, 2.75) is 37.6 Å². The Balaban J connectivity index is 1.23. The number of rotatable bonds is 7. The summed E-state index contributed by atoms with van der Waals surface area (Å²) in [6, 6.07) is 21.4. The molecule has 3 aromatic carbocycles. The number of nitrogens with zero attached hydrogens (tertiary/aromatic N) is 4. The topological polar surface area (TPSA) is 103 Å². The first-order valence-corrected chi connectivity index (χ1v) is 13.8. The minimum atomic E-state index is -3.69. The lowest BCUT2D eigenvalue weighted by Gasteiger charge is -2.19. The Bertz CT molecular complexity index is 1650. The predicted molar refractivity (Wildman–Crippen MR) is 147 cm³/mol. The zero-order valence-electron chi connectivity index (χ0n) is 21.1. The van der Waals surface area contributed by atoms with Crippen LogP contribution in [0.2, 0.25) is 5.02 Å². The summed E-state index contributed by atoms with van der Waals surface area (Å²) in [6.45, 7) is 6.80. The van der Waals surface area contributed by atoms with Crippen LogP contribution in [0.1, 0.15) is 31.9 Å². The molecule has 0 aliphatic carbocycles. The molecule has 0 unspecified atom stereocenters. The minimum absolute atomic E-state index is 0.0484. The summed E-state index contributed by atoms with van der Waals surface area (Å²) in [5.74, 6) is 0.767. The fourth-order valence-electron chi connectivity index (χ4n) is 3.84. The van der Waals surface area contributed by atoms with E-state index in [4.69, 9.17) is 16.1 Å². The molecule has 5 rings (SSSR count). The molecule has 10 heteroatoms. The smallest absolute Gasteiger partial charge is 0.278 e. The highest BCUT2D eigenvalue weighted by Crippen LogP contribution is 2.25. The maximum Gasteiger partial charge on any atom is 0.278 e. The van der Waals surface area contributed by atoms with Gasteiger partial charge in [0.1, 0.15) is 5.69 Å². The Kier molecular flexibility index (Phi) is 6.81. The number of hydrogen-bond acceptors (Lipinski definition) is 6. The average molecular weight is 548 g/mol. The SMILES string of the molecule is CC(C)(C)c1ccc(S(=O)(=O)Nc2ccc(Cn3cnc(-c4nc(-c5ccc(Cl)cc5)no4)c3)cc2)cc1. The zero-order valence-corrected chi connectivity index (χ0v) is 22.7. The quantitative estimate of drug-likeness (QED) is 0.253. The van der Waals surface area contributed by atoms with Crippen molar-refractivity contribution in [1.29, 1.82) is 0 Å². The summed E-state index contributed by atoms with van der Waals surface area (Å²) in [4.78, 5) is 9.03. The van der Waals surface area contributed by atoms with Crippen molar-refractivity contribution in [3.05, 3.63) is 101 Å². The maximum atomic E-state index is 12.8. The lowest BCUT2D eigenvalue weighted by molar-refractivity contribution is 0.431. The highest BCUT2D eigenvalue weighted by atomic mass is 35.5. The second-order valence-corrected chi connectivity index (χ2v) is 12.1. The number of nitrogens with one attached hydrogen (secondary N) is 1. The van der Waals surface area contributed by atoms with Crippen LogP contribution in [0.3, 0.4) is 0 Å². The fourth-order valence-corrected chi connectivity index (χ4v) is 5.02. The van der Waals surface area contributed by atoms with Crippen LogP contribution in [0.5, 0.6) is 0 Å². The molecule has 0 amide bonds. The number of halogens is 1. The number of sulfonamides is 1. The molecule has 1 N–H and O–H groups in total. The monoisotopic (exact) mass is 547 g/mol.